The molecule has 0 atom stereocenters. The smallest absolute Gasteiger partial charge is 0.322 e. The second kappa shape index (κ2) is 8.81. The van der Waals surface area contributed by atoms with Gasteiger partial charge < -0.3 is 24.4 Å². The second-order valence-electron chi connectivity index (χ2n) is 6.88. The molecule has 0 bridgehead atoms. The number of piperazine rings is 1. The molecule has 1 aromatic carbocycles. The number of aryl methyl sites for hydroxylation is 1. The monoisotopic (exact) mass is 408 g/mol. The maximum absolute atomic E-state index is 12.7. The van der Waals surface area contributed by atoms with Gasteiger partial charge >= 0.3 is 6.03 Å². The standard InChI is InChI=1S/C21H24N6O3/c1-3-29-18-7-5-4-6-17(18)24-21(28)27-12-10-26(11-13-27)19-9-8-16(14-22-19)20-23-15(2)30-25-20/h4-9,14H,3,10-13H2,1-2H3,(H,24,28). The van der Waals surface area contributed by atoms with Crippen LogP contribution in [-0.4, -0.2) is 58.8 Å². The van der Waals surface area contributed by atoms with Crippen molar-refractivity contribution in [3.05, 3.63) is 48.5 Å². The highest BCUT2D eigenvalue weighted by Gasteiger charge is 2.22. The Balaban J connectivity index is 1.34. The molecule has 2 amide bonds. The van der Waals surface area contributed by atoms with Crippen molar-refractivity contribution in [2.75, 3.05) is 43.0 Å². The van der Waals surface area contributed by atoms with Crippen molar-refractivity contribution in [1.29, 1.82) is 0 Å². The Bertz CT molecular complexity index is 996. The summed E-state index contributed by atoms with van der Waals surface area (Å²) in [5.74, 6) is 2.58. The Morgan fingerprint density at radius 2 is 1.97 bits per heavy atom. The van der Waals surface area contributed by atoms with E-state index in [2.05, 4.69) is 25.3 Å². The van der Waals surface area contributed by atoms with E-state index in [1.165, 1.54) is 0 Å². The number of aromatic nitrogens is 3. The summed E-state index contributed by atoms with van der Waals surface area (Å²) in [5.41, 5.74) is 1.49. The van der Waals surface area contributed by atoms with Crippen LogP contribution in [-0.2, 0) is 0 Å². The number of para-hydroxylation sites is 2. The predicted molar refractivity (Wildman–Crippen MR) is 113 cm³/mol. The number of pyridine rings is 1. The van der Waals surface area contributed by atoms with E-state index in [1.807, 2.05) is 43.3 Å². The minimum Gasteiger partial charge on any atom is -0.492 e. The Labute approximate surface area is 174 Å². The number of nitrogens with zero attached hydrogens (tertiary/aromatic N) is 5. The van der Waals surface area contributed by atoms with E-state index in [-0.39, 0.29) is 6.03 Å². The first-order valence-corrected chi connectivity index (χ1v) is 9.93. The zero-order valence-electron chi connectivity index (χ0n) is 17.0. The third-order valence-corrected chi connectivity index (χ3v) is 4.85. The van der Waals surface area contributed by atoms with Gasteiger partial charge in [-0.15, -0.1) is 0 Å². The van der Waals surface area contributed by atoms with Crippen LogP contribution in [0.4, 0.5) is 16.3 Å². The fraction of sp³-hybridized carbons (Fsp3) is 0.333. The Morgan fingerprint density at radius 3 is 2.63 bits per heavy atom. The van der Waals surface area contributed by atoms with Gasteiger partial charge in [-0.1, -0.05) is 17.3 Å². The number of hydrogen-bond acceptors (Lipinski definition) is 7. The first-order chi connectivity index (χ1) is 14.6. The molecule has 9 heteroatoms. The van der Waals surface area contributed by atoms with Crippen molar-refractivity contribution in [2.45, 2.75) is 13.8 Å². The lowest BCUT2D eigenvalue weighted by molar-refractivity contribution is 0.208. The van der Waals surface area contributed by atoms with Crippen LogP contribution in [0.5, 0.6) is 5.75 Å². The third-order valence-electron chi connectivity index (χ3n) is 4.85. The average Bonchev–Trinajstić information content (AvgIpc) is 3.22. The van der Waals surface area contributed by atoms with Crippen LogP contribution < -0.4 is 15.0 Å². The zero-order valence-corrected chi connectivity index (χ0v) is 17.0. The van der Waals surface area contributed by atoms with Crippen molar-refractivity contribution < 1.29 is 14.1 Å². The fourth-order valence-corrected chi connectivity index (χ4v) is 3.31. The SMILES string of the molecule is CCOc1ccccc1NC(=O)N1CCN(c2ccc(-c3noc(C)n3)cn2)CC1. The van der Waals surface area contributed by atoms with E-state index in [4.69, 9.17) is 9.26 Å². The predicted octanol–water partition coefficient (Wildman–Crippen LogP) is 3.19. The fourth-order valence-electron chi connectivity index (χ4n) is 3.31. The summed E-state index contributed by atoms with van der Waals surface area (Å²) in [6.45, 7) is 6.84. The van der Waals surface area contributed by atoms with E-state index in [9.17, 15) is 4.79 Å². The summed E-state index contributed by atoms with van der Waals surface area (Å²) in [4.78, 5) is 25.4. The Kier molecular flexibility index (Phi) is 5.78. The molecule has 0 radical (unpaired) electrons. The highest BCUT2D eigenvalue weighted by molar-refractivity contribution is 5.91. The molecule has 1 aliphatic heterocycles. The molecule has 0 aliphatic carbocycles. The molecule has 1 fully saturated rings. The van der Waals surface area contributed by atoms with E-state index in [0.717, 1.165) is 11.4 Å². The van der Waals surface area contributed by atoms with Gasteiger partial charge in [-0.05, 0) is 31.2 Å². The molecule has 0 saturated carbocycles. The van der Waals surface area contributed by atoms with Crippen LogP contribution in [0.3, 0.4) is 0 Å². The molecule has 2 aromatic heterocycles. The molecular formula is C21H24N6O3. The van der Waals surface area contributed by atoms with Crippen molar-refractivity contribution in [2.24, 2.45) is 0 Å². The highest BCUT2D eigenvalue weighted by atomic mass is 16.5. The maximum Gasteiger partial charge on any atom is 0.322 e. The Hall–Kier alpha value is -3.62. The summed E-state index contributed by atoms with van der Waals surface area (Å²) in [7, 11) is 0. The molecule has 9 nitrogen and oxygen atoms in total. The van der Waals surface area contributed by atoms with Gasteiger partial charge in [0.1, 0.15) is 11.6 Å². The van der Waals surface area contributed by atoms with E-state index >= 15 is 0 Å². The van der Waals surface area contributed by atoms with Gasteiger partial charge in [0.2, 0.25) is 11.7 Å². The number of benzene rings is 1. The van der Waals surface area contributed by atoms with Gasteiger partial charge in [-0.3, -0.25) is 0 Å². The van der Waals surface area contributed by atoms with Crippen LogP contribution in [0, 0.1) is 6.92 Å². The lowest BCUT2D eigenvalue weighted by Crippen LogP contribution is -2.50. The number of carbonyl (C=O) groups excluding carboxylic acids is 1. The molecule has 30 heavy (non-hydrogen) atoms. The number of anilines is 2. The van der Waals surface area contributed by atoms with E-state index in [1.54, 1.807) is 18.0 Å². The number of urea groups is 1. The van der Waals surface area contributed by atoms with Crippen LogP contribution in [0.1, 0.15) is 12.8 Å². The van der Waals surface area contributed by atoms with Crippen molar-refractivity contribution in [3.8, 4) is 17.1 Å². The average molecular weight is 408 g/mol. The van der Waals surface area contributed by atoms with Gasteiger partial charge in [-0.25, -0.2) is 9.78 Å². The number of ether oxygens (including phenoxy) is 1. The van der Waals surface area contributed by atoms with Gasteiger partial charge in [0.25, 0.3) is 0 Å². The molecule has 3 heterocycles. The quantitative estimate of drug-likeness (QED) is 0.692. The first-order valence-electron chi connectivity index (χ1n) is 9.93. The van der Waals surface area contributed by atoms with Crippen LogP contribution in [0.2, 0.25) is 0 Å². The summed E-state index contributed by atoms with van der Waals surface area (Å²) in [6.07, 6.45) is 1.74. The molecule has 1 N–H and O–H groups in total. The van der Waals surface area contributed by atoms with Gasteiger partial charge in [0.15, 0.2) is 0 Å². The molecule has 0 unspecified atom stereocenters. The lowest BCUT2D eigenvalue weighted by Gasteiger charge is -2.35. The molecule has 1 aliphatic rings. The summed E-state index contributed by atoms with van der Waals surface area (Å²) in [5, 5.41) is 6.86. The molecule has 0 spiro atoms. The number of rotatable bonds is 5. The van der Waals surface area contributed by atoms with Crippen LogP contribution in [0.15, 0.2) is 47.1 Å². The third kappa shape index (κ3) is 4.35. The van der Waals surface area contributed by atoms with Crippen molar-refractivity contribution in [3.63, 3.8) is 0 Å². The summed E-state index contributed by atoms with van der Waals surface area (Å²) in [6, 6.07) is 11.2. The molecule has 156 valence electrons. The largest absolute Gasteiger partial charge is 0.492 e. The normalized spacial score (nSPS) is 13.9. The Morgan fingerprint density at radius 1 is 1.17 bits per heavy atom. The number of hydrogen-bond donors (Lipinski definition) is 1. The molecule has 3 aromatic rings. The first kappa shape index (κ1) is 19.7. The minimum atomic E-state index is -0.127. The van der Waals surface area contributed by atoms with Crippen LogP contribution >= 0.6 is 0 Å². The summed E-state index contributed by atoms with van der Waals surface area (Å²) < 4.78 is 10.6. The van der Waals surface area contributed by atoms with Gasteiger partial charge in [-0.2, -0.15) is 4.98 Å². The maximum atomic E-state index is 12.7. The topological polar surface area (TPSA) is 96.6 Å². The van der Waals surface area contributed by atoms with E-state index < -0.39 is 0 Å². The van der Waals surface area contributed by atoms with E-state index in [0.29, 0.717) is 55.9 Å². The number of carbonyl (C=O) groups is 1. The van der Waals surface area contributed by atoms with Crippen LogP contribution in [0.25, 0.3) is 11.4 Å². The minimum absolute atomic E-state index is 0.127. The van der Waals surface area contributed by atoms with Gasteiger partial charge in [0.05, 0.1) is 12.3 Å². The molecular weight excluding hydrogens is 384 g/mol. The highest BCUT2D eigenvalue weighted by Crippen LogP contribution is 2.24. The molecule has 1 saturated heterocycles. The zero-order chi connectivity index (χ0) is 20.9. The lowest BCUT2D eigenvalue weighted by atomic mass is 10.2. The second-order valence-corrected chi connectivity index (χ2v) is 6.88. The molecule has 4 rings (SSSR count). The number of nitrogens with one attached hydrogen (secondary N) is 1. The van der Waals surface area contributed by atoms with Gasteiger partial charge in [0, 0.05) is 44.9 Å². The van der Waals surface area contributed by atoms with Crippen molar-refractivity contribution >= 4 is 17.5 Å². The van der Waals surface area contributed by atoms with Crippen molar-refractivity contribution in [1.82, 2.24) is 20.0 Å². The number of amides is 2. The summed E-state index contributed by atoms with van der Waals surface area (Å²) >= 11 is 0.